The van der Waals surface area contributed by atoms with Gasteiger partial charge in [0.15, 0.2) is 11.5 Å². The number of hydrogen-bond acceptors (Lipinski definition) is 4. The minimum Gasteiger partial charge on any atom is -0.493 e. The lowest BCUT2D eigenvalue weighted by Gasteiger charge is -2.12. The third-order valence-corrected chi connectivity index (χ3v) is 4.86. The predicted octanol–water partition coefficient (Wildman–Crippen LogP) is 4.11. The molecule has 0 spiro atoms. The molecule has 0 saturated heterocycles. The molecule has 0 fully saturated rings. The molecule has 7 heteroatoms. The number of aromatic nitrogens is 1. The molecule has 0 bridgehead atoms. The van der Waals surface area contributed by atoms with Gasteiger partial charge >= 0.3 is 0 Å². The van der Waals surface area contributed by atoms with Crippen LogP contribution in [0.25, 0.3) is 17.0 Å². The van der Waals surface area contributed by atoms with Gasteiger partial charge in [-0.25, -0.2) is 0 Å². The number of amides is 1. The quantitative estimate of drug-likeness (QED) is 0.318. The Morgan fingerprint density at radius 2 is 2.16 bits per heavy atom. The first-order valence-electron chi connectivity index (χ1n) is 9.46. The highest BCUT2D eigenvalue weighted by Gasteiger charge is 2.14. The Kier molecular flexibility index (Phi) is 7.22. The number of benzene rings is 2. The van der Waals surface area contributed by atoms with E-state index in [2.05, 4.69) is 16.2 Å². The van der Waals surface area contributed by atoms with Crippen LogP contribution in [0.4, 0.5) is 0 Å². The summed E-state index contributed by atoms with van der Waals surface area (Å²) in [4.78, 5) is 15.7. The molecule has 1 amide bonds. The SMILES string of the molecule is C#CCOc1c(Cl)cc(/C=C(/C#N)C(=O)NCCc2c[nH]c3ccccc23)cc1OC. The number of carbonyl (C=O) groups excluding carboxylic acids is 1. The van der Waals surface area contributed by atoms with Crippen LogP contribution in [-0.2, 0) is 11.2 Å². The monoisotopic (exact) mass is 433 g/mol. The third kappa shape index (κ3) is 5.19. The first kappa shape index (κ1) is 21.8. The van der Waals surface area contributed by atoms with Crippen molar-refractivity contribution in [1.29, 1.82) is 5.26 Å². The lowest BCUT2D eigenvalue weighted by atomic mass is 10.1. The third-order valence-electron chi connectivity index (χ3n) is 4.58. The topological polar surface area (TPSA) is 87.1 Å². The number of nitrogens with one attached hydrogen (secondary N) is 2. The molecule has 31 heavy (non-hydrogen) atoms. The lowest BCUT2D eigenvalue weighted by Crippen LogP contribution is -2.26. The van der Waals surface area contributed by atoms with Gasteiger partial charge in [0.1, 0.15) is 18.2 Å². The van der Waals surface area contributed by atoms with E-state index >= 15 is 0 Å². The molecule has 0 unspecified atom stereocenters. The number of hydrogen-bond donors (Lipinski definition) is 2. The summed E-state index contributed by atoms with van der Waals surface area (Å²) >= 11 is 6.25. The number of nitriles is 1. The minimum absolute atomic E-state index is 0.0353. The number of fused-ring (bicyclic) bond motifs is 1. The molecule has 3 rings (SSSR count). The van der Waals surface area contributed by atoms with Gasteiger partial charge in [0.25, 0.3) is 5.91 Å². The smallest absolute Gasteiger partial charge is 0.261 e. The summed E-state index contributed by atoms with van der Waals surface area (Å²) < 4.78 is 10.7. The van der Waals surface area contributed by atoms with Gasteiger partial charge in [-0.05, 0) is 41.8 Å². The fraction of sp³-hybridized carbons (Fsp3) is 0.167. The second-order valence-electron chi connectivity index (χ2n) is 6.56. The Morgan fingerprint density at radius 3 is 2.90 bits per heavy atom. The van der Waals surface area contributed by atoms with Gasteiger partial charge < -0.3 is 19.8 Å². The first-order valence-corrected chi connectivity index (χ1v) is 9.84. The second-order valence-corrected chi connectivity index (χ2v) is 6.97. The maximum absolute atomic E-state index is 12.5. The number of nitrogens with zero attached hydrogens (tertiary/aromatic N) is 1. The lowest BCUT2D eigenvalue weighted by molar-refractivity contribution is -0.117. The van der Waals surface area contributed by atoms with Gasteiger partial charge in [0, 0.05) is 23.6 Å². The molecular weight excluding hydrogens is 414 g/mol. The van der Waals surface area contributed by atoms with Crippen molar-refractivity contribution in [2.45, 2.75) is 6.42 Å². The summed E-state index contributed by atoms with van der Waals surface area (Å²) in [5.74, 6) is 2.55. The van der Waals surface area contributed by atoms with Crippen molar-refractivity contribution in [3.8, 4) is 29.9 Å². The standard InChI is InChI=1S/C24H20ClN3O3/c1-3-10-31-23-20(25)12-16(13-22(23)30-2)11-18(14-26)24(29)27-9-8-17-15-28-21-7-5-4-6-19(17)21/h1,4-7,11-13,15,28H,8-10H2,2H3,(H,27,29)/b18-11-. The van der Waals surface area contributed by atoms with Crippen LogP contribution in [0.2, 0.25) is 5.02 Å². The van der Waals surface area contributed by atoms with E-state index in [-0.39, 0.29) is 17.2 Å². The van der Waals surface area contributed by atoms with E-state index in [1.165, 1.54) is 13.2 Å². The fourth-order valence-electron chi connectivity index (χ4n) is 3.14. The Morgan fingerprint density at radius 1 is 1.35 bits per heavy atom. The zero-order valence-corrected chi connectivity index (χ0v) is 17.6. The number of H-pyrrole nitrogens is 1. The molecule has 0 aliphatic heterocycles. The van der Waals surface area contributed by atoms with Crippen molar-refractivity contribution >= 4 is 34.5 Å². The maximum atomic E-state index is 12.5. The number of methoxy groups -OCH3 is 1. The number of ether oxygens (including phenoxy) is 2. The molecule has 0 aliphatic carbocycles. The molecule has 156 valence electrons. The predicted molar refractivity (Wildman–Crippen MR) is 121 cm³/mol. The van der Waals surface area contributed by atoms with Crippen molar-refractivity contribution in [1.82, 2.24) is 10.3 Å². The average Bonchev–Trinajstić information content (AvgIpc) is 3.19. The van der Waals surface area contributed by atoms with E-state index in [0.717, 1.165) is 16.5 Å². The minimum atomic E-state index is -0.468. The van der Waals surface area contributed by atoms with Crippen molar-refractivity contribution < 1.29 is 14.3 Å². The first-order chi connectivity index (χ1) is 15.1. The average molecular weight is 434 g/mol. The second kappa shape index (κ2) is 10.2. The molecule has 0 atom stereocenters. The molecular formula is C24H20ClN3O3. The molecule has 3 aromatic rings. The summed E-state index contributed by atoms with van der Waals surface area (Å²) in [6, 6.07) is 13.1. The maximum Gasteiger partial charge on any atom is 0.261 e. The molecule has 0 saturated carbocycles. The number of carbonyl (C=O) groups is 1. The summed E-state index contributed by atoms with van der Waals surface area (Å²) in [6.45, 7) is 0.427. The number of aromatic amines is 1. The Balaban J connectivity index is 1.70. The normalized spacial score (nSPS) is 10.9. The fourth-order valence-corrected chi connectivity index (χ4v) is 3.41. The van der Waals surface area contributed by atoms with Gasteiger partial charge in [0.2, 0.25) is 0 Å². The highest BCUT2D eigenvalue weighted by atomic mass is 35.5. The van der Waals surface area contributed by atoms with Crippen molar-refractivity contribution in [2.24, 2.45) is 0 Å². The molecule has 6 nitrogen and oxygen atoms in total. The van der Waals surface area contributed by atoms with Crippen molar-refractivity contribution in [3.63, 3.8) is 0 Å². The van der Waals surface area contributed by atoms with Crippen LogP contribution in [0.3, 0.4) is 0 Å². The van der Waals surface area contributed by atoms with Gasteiger partial charge in [-0.1, -0.05) is 35.7 Å². The van der Waals surface area contributed by atoms with E-state index in [1.807, 2.05) is 36.5 Å². The zero-order chi connectivity index (χ0) is 22.2. The summed E-state index contributed by atoms with van der Waals surface area (Å²) in [5.41, 5.74) is 2.62. The molecule has 0 aliphatic rings. The zero-order valence-electron chi connectivity index (χ0n) is 16.9. The summed E-state index contributed by atoms with van der Waals surface area (Å²) in [6.07, 6.45) is 9.22. The van der Waals surface area contributed by atoms with E-state index in [0.29, 0.717) is 30.0 Å². The van der Waals surface area contributed by atoms with Gasteiger partial charge in [-0.15, -0.1) is 6.42 Å². The van der Waals surface area contributed by atoms with Crippen molar-refractivity contribution in [2.75, 3.05) is 20.3 Å². The summed E-state index contributed by atoms with van der Waals surface area (Å²) in [7, 11) is 1.46. The molecule has 0 radical (unpaired) electrons. The number of terminal acetylenes is 1. The van der Waals surface area contributed by atoms with Crippen LogP contribution in [-0.4, -0.2) is 31.2 Å². The van der Waals surface area contributed by atoms with E-state index in [4.69, 9.17) is 27.5 Å². The van der Waals surface area contributed by atoms with Crippen LogP contribution < -0.4 is 14.8 Å². The molecule has 2 aromatic carbocycles. The van der Waals surface area contributed by atoms with Crippen molar-refractivity contribution in [3.05, 3.63) is 64.3 Å². The van der Waals surface area contributed by atoms with Crippen LogP contribution in [0.1, 0.15) is 11.1 Å². The number of rotatable bonds is 8. The van der Waals surface area contributed by atoms with E-state index < -0.39 is 5.91 Å². The molecule has 1 aromatic heterocycles. The molecule has 2 N–H and O–H groups in total. The van der Waals surface area contributed by atoms with Gasteiger partial charge in [-0.3, -0.25) is 4.79 Å². The Labute approximate surface area is 185 Å². The van der Waals surface area contributed by atoms with E-state index in [1.54, 1.807) is 12.1 Å². The number of halogens is 1. The van der Waals surface area contributed by atoms with Crippen LogP contribution in [0.5, 0.6) is 11.5 Å². The van der Waals surface area contributed by atoms with Gasteiger partial charge in [-0.2, -0.15) is 5.26 Å². The van der Waals surface area contributed by atoms with E-state index in [9.17, 15) is 10.1 Å². The Hall–Kier alpha value is -3.87. The van der Waals surface area contributed by atoms with Gasteiger partial charge in [0.05, 0.1) is 12.1 Å². The van der Waals surface area contributed by atoms with Crippen LogP contribution in [0.15, 0.2) is 48.2 Å². The Bertz CT molecular complexity index is 1220. The number of para-hydroxylation sites is 1. The highest BCUT2D eigenvalue weighted by Crippen LogP contribution is 2.37. The highest BCUT2D eigenvalue weighted by molar-refractivity contribution is 6.32. The van der Waals surface area contributed by atoms with Crippen LogP contribution in [0, 0.1) is 23.7 Å². The summed E-state index contributed by atoms with van der Waals surface area (Å²) in [5, 5.41) is 13.6. The largest absolute Gasteiger partial charge is 0.493 e. The molecule has 1 heterocycles. The van der Waals surface area contributed by atoms with Crippen LogP contribution >= 0.6 is 11.6 Å².